The van der Waals surface area contributed by atoms with Gasteiger partial charge in [-0.15, -0.1) is 0 Å². The third-order valence-electron chi connectivity index (χ3n) is 3.85. The van der Waals surface area contributed by atoms with Crippen LogP contribution in [0.5, 0.6) is 0 Å². The number of aromatic nitrogens is 1. The molecule has 104 valence electrons. The summed E-state index contributed by atoms with van der Waals surface area (Å²) in [5, 5.41) is 0. The van der Waals surface area contributed by atoms with E-state index in [9.17, 15) is 4.79 Å². The average Bonchev–Trinajstić information content (AvgIpc) is 3.04. The van der Waals surface area contributed by atoms with Crippen molar-refractivity contribution in [3.63, 3.8) is 0 Å². The number of hydrogen-bond donors (Lipinski definition) is 1. The first-order valence-corrected chi connectivity index (χ1v) is 6.92. The number of nitrogens with zero attached hydrogens (tertiary/aromatic N) is 2. The molecular formula is C15H23N3O. The first-order valence-electron chi connectivity index (χ1n) is 6.92. The van der Waals surface area contributed by atoms with Gasteiger partial charge >= 0.3 is 0 Å². The molecule has 1 unspecified atom stereocenters. The number of carbonyl (C=O) groups is 1. The fourth-order valence-electron chi connectivity index (χ4n) is 2.37. The molecule has 1 aromatic heterocycles. The quantitative estimate of drug-likeness (QED) is 0.849. The molecule has 4 heteroatoms. The number of rotatable bonds is 6. The summed E-state index contributed by atoms with van der Waals surface area (Å²) < 4.78 is 0. The molecule has 1 heterocycles. The summed E-state index contributed by atoms with van der Waals surface area (Å²) >= 11 is 0. The highest BCUT2D eigenvalue weighted by molar-refractivity contribution is 5.82. The van der Waals surface area contributed by atoms with Crippen LogP contribution in [0.1, 0.15) is 32.3 Å². The Morgan fingerprint density at radius 1 is 1.58 bits per heavy atom. The Morgan fingerprint density at radius 3 is 2.84 bits per heavy atom. The van der Waals surface area contributed by atoms with E-state index in [-0.39, 0.29) is 17.2 Å². The van der Waals surface area contributed by atoms with E-state index in [1.165, 1.54) is 0 Å². The molecule has 0 aromatic carbocycles. The van der Waals surface area contributed by atoms with Crippen LogP contribution in [-0.2, 0) is 11.3 Å². The largest absolute Gasteiger partial charge is 0.338 e. The molecule has 1 fully saturated rings. The van der Waals surface area contributed by atoms with E-state index in [0.29, 0.717) is 13.1 Å². The standard InChI is InChI=1S/C15H23N3O/c1-15(2)9-13(15)14(19)18(8-4-6-16)11-12-5-3-7-17-10-12/h3,5,7,10,13H,4,6,8-9,11,16H2,1-2H3. The van der Waals surface area contributed by atoms with Gasteiger partial charge in [0.05, 0.1) is 0 Å². The Kier molecular flexibility index (Phi) is 4.20. The van der Waals surface area contributed by atoms with Crippen LogP contribution >= 0.6 is 0 Å². The molecule has 1 atom stereocenters. The summed E-state index contributed by atoms with van der Waals surface area (Å²) in [6.07, 6.45) is 5.41. The summed E-state index contributed by atoms with van der Waals surface area (Å²) in [6, 6.07) is 3.91. The molecule has 19 heavy (non-hydrogen) atoms. The zero-order valence-corrected chi connectivity index (χ0v) is 11.8. The van der Waals surface area contributed by atoms with E-state index in [2.05, 4.69) is 18.8 Å². The van der Waals surface area contributed by atoms with Crippen LogP contribution in [0.3, 0.4) is 0 Å². The van der Waals surface area contributed by atoms with Gasteiger partial charge in [0, 0.05) is 31.4 Å². The van der Waals surface area contributed by atoms with Crippen molar-refractivity contribution < 1.29 is 4.79 Å². The molecule has 0 saturated heterocycles. The molecule has 0 aliphatic heterocycles. The summed E-state index contributed by atoms with van der Waals surface area (Å²) in [5.41, 5.74) is 6.81. The van der Waals surface area contributed by atoms with Gasteiger partial charge in [-0.3, -0.25) is 9.78 Å². The van der Waals surface area contributed by atoms with Crippen LogP contribution < -0.4 is 5.73 Å². The highest BCUT2D eigenvalue weighted by atomic mass is 16.2. The van der Waals surface area contributed by atoms with Gasteiger partial charge in [-0.25, -0.2) is 0 Å². The summed E-state index contributed by atoms with van der Waals surface area (Å²) in [7, 11) is 0. The normalized spacial score (nSPS) is 20.1. The van der Waals surface area contributed by atoms with Crippen LogP contribution in [-0.4, -0.2) is 28.9 Å². The maximum absolute atomic E-state index is 12.5. The third-order valence-corrected chi connectivity index (χ3v) is 3.85. The zero-order valence-electron chi connectivity index (χ0n) is 11.8. The fraction of sp³-hybridized carbons (Fsp3) is 0.600. The van der Waals surface area contributed by atoms with Crippen molar-refractivity contribution in [2.24, 2.45) is 17.1 Å². The predicted molar refractivity (Wildman–Crippen MR) is 75.2 cm³/mol. The fourth-order valence-corrected chi connectivity index (χ4v) is 2.37. The maximum Gasteiger partial charge on any atom is 0.226 e. The van der Waals surface area contributed by atoms with Crippen molar-refractivity contribution in [3.8, 4) is 0 Å². The third kappa shape index (κ3) is 3.53. The van der Waals surface area contributed by atoms with E-state index in [0.717, 1.165) is 24.9 Å². The van der Waals surface area contributed by atoms with E-state index < -0.39 is 0 Å². The highest BCUT2D eigenvalue weighted by Crippen LogP contribution is 2.52. The zero-order chi connectivity index (χ0) is 13.9. The Labute approximate surface area is 115 Å². The first kappa shape index (κ1) is 14.0. The number of amides is 1. The minimum absolute atomic E-state index is 0.174. The van der Waals surface area contributed by atoms with Crippen molar-refractivity contribution in [1.29, 1.82) is 0 Å². The molecule has 1 aromatic rings. The van der Waals surface area contributed by atoms with Gasteiger partial charge in [0.25, 0.3) is 0 Å². The molecule has 1 saturated carbocycles. The lowest BCUT2D eigenvalue weighted by molar-refractivity contribution is -0.134. The number of pyridine rings is 1. The Bertz CT molecular complexity index is 430. The summed E-state index contributed by atoms with van der Waals surface area (Å²) in [6.45, 7) is 6.29. The molecule has 2 rings (SSSR count). The maximum atomic E-state index is 12.5. The second-order valence-corrected chi connectivity index (χ2v) is 6.01. The molecule has 1 aliphatic rings. The molecular weight excluding hydrogens is 238 g/mol. The van der Waals surface area contributed by atoms with E-state index in [4.69, 9.17) is 5.73 Å². The van der Waals surface area contributed by atoms with Gasteiger partial charge in [-0.2, -0.15) is 0 Å². The Morgan fingerprint density at radius 2 is 2.32 bits per heavy atom. The molecule has 1 amide bonds. The van der Waals surface area contributed by atoms with Crippen LogP contribution in [0.25, 0.3) is 0 Å². The average molecular weight is 261 g/mol. The van der Waals surface area contributed by atoms with Crippen molar-refractivity contribution >= 4 is 5.91 Å². The second kappa shape index (κ2) is 5.70. The SMILES string of the molecule is CC1(C)CC1C(=O)N(CCCN)Cc1cccnc1. The van der Waals surface area contributed by atoms with Crippen molar-refractivity contribution in [2.75, 3.05) is 13.1 Å². The molecule has 4 nitrogen and oxygen atoms in total. The minimum atomic E-state index is 0.174. The smallest absolute Gasteiger partial charge is 0.226 e. The van der Waals surface area contributed by atoms with Crippen LogP contribution in [0.2, 0.25) is 0 Å². The van der Waals surface area contributed by atoms with Gasteiger partial charge in [-0.05, 0) is 36.4 Å². The predicted octanol–water partition coefficient (Wildman–Crippen LogP) is 1.81. The van der Waals surface area contributed by atoms with Gasteiger partial charge in [0.15, 0.2) is 0 Å². The van der Waals surface area contributed by atoms with Gasteiger partial charge in [0.2, 0.25) is 5.91 Å². The topological polar surface area (TPSA) is 59.2 Å². The van der Waals surface area contributed by atoms with Crippen LogP contribution in [0, 0.1) is 11.3 Å². The lowest BCUT2D eigenvalue weighted by atomic mass is 10.1. The molecule has 0 radical (unpaired) electrons. The van der Waals surface area contributed by atoms with E-state index >= 15 is 0 Å². The van der Waals surface area contributed by atoms with Crippen molar-refractivity contribution in [1.82, 2.24) is 9.88 Å². The van der Waals surface area contributed by atoms with Crippen LogP contribution in [0.15, 0.2) is 24.5 Å². The van der Waals surface area contributed by atoms with Crippen molar-refractivity contribution in [2.45, 2.75) is 33.2 Å². The lowest BCUT2D eigenvalue weighted by Crippen LogP contribution is -2.34. The Hall–Kier alpha value is -1.42. The number of carbonyl (C=O) groups excluding carboxylic acids is 1. The lowest BCUT2D eigenvalue weighted by Gasteiger charge is -2.23. The monoisotopic (exact) mass is 261 g/mol. The van der Waals surface area contributed by atoms with Crippen LogP contribution in [0.4, 0.5) is 0 Å². The minimum Gasteiger partial charge on any atom is -0.338 e. The molecule has 0 spiro atoms. The second-order valence-electron chi connectivity index (χ2n) is 6.01. The highest BCUT2D eigenvalue weighted by Gasteiger charge is 2.51. The van der Waals surface area contributed by atoms with E-state index in [1.54, 1.807) is 6.20 Å². The summed E-state index contributed by atoms with van der Waals surface area (Å²) in [5.74, 6) is 0.448. The Balaban J connectivity index is 2.01. The van der Waals surface area contributed by atoms with Gasteiger partial charge < -0.3 is 10.6 Å². The number of nitrogens with two attached hydrogens (primary N) is 1. The molecule has 0 bridgehead atoms. The van der Waals surface area contributed by atoms with Gasteiger partial charge in [-0.1, -0.05) is 19.9 Å². The van der Waals surface area contributed by atoms with Gasteiger partial charge in [0.1, 0.15) is 0 Å². The molecule has 2 N–H and O–H groups in total. The first-order chi connectivity index (χ1) is 9.04. The molecule has 1 aliphatic carbocycles. The number of hydrogen-bond acceptors (Lipinski definition) is 3. The summed E-state index contributed by atoms with van der Waals surface area (Å²) in [4.78, 5) is 18.5. The van der Waals surface area contributed by atoms with E-state index in [1.807, 2.05) is 23.2 Å². The van der Waals surface area contributed by atoms with Crippen molar-refractivity contribution in [3.05, 3.63) is 30.1 Å².